The molecule has 1 unspecified atom stereocenters. The normalized spacial score (nSPS) is 18.2. The van der Waals surface area contributed by atoms with Gasteiger partial charge < -0.3 is 15.2 Å². The monoisotopic (exact) mass is 326 g/mol. The van der Waals surface area contributed by atoms with E-state index in [1.807, 2.05) is 17.4 Å². The minimum Gasteiger partial charge on any atom is -0.368 e. The van der Waals surface area contributed by atoms with Crippen molar-refractivity contribution in [3.63, 3.8) is 0 Å². The Morgan fingerprint density at radius 1 is 1.33 bits per heavy atom. The summed E-state index contributed by atoms with van der Waals surface area (Å²) in [5.74, 6) is 0.274. The Balaban J connectivity index is 1.61. The number of hydrogen-bond acceptors (Lipinski definition) is 5. The lowest BCUT2D eigenvalue weighted by Gasteiger charge is -2.35. The van der Waals surface area contributed by atoms with Gasteiger partial charge >= 0.3 is 0 Å². The molecule has 1 fully saturated rings. The highest BCUT2D eigenvalue weighted by Gasteiger charge is 2.24. The number of likely N-dealkylation sites (tertiary alicyclic amines) is 1. The second-order valence-corrected chi connectivity index (χ2v) is 5.98. The number of carbonyl (C=O) groups excluding carboxylic acids is 1. The van der Waals surface area contributed by atoms with Crippen molar-refractivity contribution in [1.82, 2.24) is 24.4 Å². The van der Waals surface area contributed by atoms with E-state index in [9.17, 15) is 4.79 Å². The van der Waals surface area contributed by atoms with Crippen LogP contribution >= 0.6 is 0 Å². The number of carbonyl (C=O) groups is 1. The van der Waals surface area contributed by atoms with Crippen molar-refractivity contribution in [2.24, 2.45) is 0 Å². The van der Waals surface area contributed by atoms with E-state index in [0.717, 1.165) is 37.9 Å². The van der Waals surface area contributed by atoms with Gasteiger partial charge in [0.25, 0.3) is 0 Å². The first-order chi connectivity index (χ1) is 11.7. The van der Waals surface area contributed by atoms with Gasteiger partial charge in [-0.1, -0.05) is 0 Å². The molecule has 2 aromatic heterocycles. The highest BCUT2D eigenvalue weighted by Crippen LogP contribution is 2.21. The van der Waals surface area contributed by atoms with E-state index in [1.165, 1.54) is 6.42 Å². The topological polar surface area (TPSA) is 89.9 Å². The number of nitrogens with zero attached hydrogens (tertiary/aromatic N) is 5. The molecule has 1 atom stereocenters. The molecule has 126 valence electrons. The van der Waals surface area contributed by atoms with Gasteiger partial charge in [-0.05, 0) is 31.8 Å². The van der Waals surface area contributed by atoms with Crippen molar-refractivity contribution in [1.29, 1.82) is 0 Å². The summed E-state index contributed by atoms with van der Waals surface area (Å²) in [6, 6.07) is 0.279. The lowest BCUT2D eigenvalue weighted by atomic mass is 9.99. The summed E-state index contributed by atoms with van der Waals surface area (Å²) >= 11 is 0. The Morgan fingerprint density at radius 3 is 2.92 bits per heavy atom. The van der Waals surface area contributed by atoms with Gasteiger partial charge in [0.1, 0.15) is 0 Å². The second-order valence-electron chi connectivity index (χ2n) is 5.98. The highest BCUT2D eigenvalue weighted by atomic mass is 16.2. The number of nitrogens with two attached hydrogens (primary N) is 1. The van der Waals surface area contributed by atoms with Crippen LogP contribution in [-0.2, 0) is 11.3 Å². The number of nitrogen functional groups attached to an aromatic ring is 1. The van der Waals surface area contributed by atoms with Crippen LogP contribution in [0.5, 0.6) is 0 Å². The number of amides is 1. The molecule has 0 bridgehead atoms. The van der Waals surface area contributed by atoms with Gasteiger partial charge in [-0.2, -0.15) is 0 Å². The summed E-state index contributed by atoms with van der Waals surface area (Å²) in [5.41, 5.74) is 6.23. The molecular formula is C17H22N6O. The lowest BCUT2D eigenvalue weighted by molar-refractivity contribution is -0.129. The van der Waals surface area contributed by atoms with E-state index in [4.69, 9.17) is 5.73 Å². The van der Waals surface area contributed by atoms with Gasteiger partial charge in [0.15, 0.2) is 0 Å². The lowest BCUT2D eigenvalue weighted by Crippen LogP contribution is -2.43. The van der Waals surface area contributed by atoms with E-state index in [1.54, 1.807) is 30.7 Å². The van der Waals surface area contributed by atoms with Gasteiger partial charge in [-0.15, -0.1) is 0 Å². The minimum absolute atomic E-state index is 0.0437. The first-order valence-electron chi connectivity index (χ1n) is 8.24. The number of imidazole rings is 1. The molecule has 1 saturated heterocycles. The minimum atomic E-state index is 0.0437. The van der Waals surface area contributed by atoms with Crippen LogP contribution in [0.15, 0.2) is 37.2 Å². The largest absolute Gasteiger partial charge is 0.368 e. The Morgan fingerprint density at radius 2 is 2.17 bits per heavy atom. The molecule has 1 aliphatic heterocycles. The highest BCUT2D eigenvalue weighted by molar-refractivity contribution is 5.92. The van der Waals surface area contributed by atoms with Crippen LogP contribution in [0.3, 0.4) is 0 Å². The van der Waals surface area contributed by atoms with Crippen LogP contribution in [0.1, 0.15) is 31.2 Å². The number of aromatic nitrogens is 4. The summed E-state index contributed by atoms with van der Waals surface area (Å²) in [7, 11) is 0. The summed E-state index contributed by atoms with van der Waals surface area (Å²) in [6.45, 7) is 1.69. The fraction of sp³-hybridized carbons (Fsp3) is 0.412. The van der Waals surface area contributed by atoms with Crippen molar-refractivity contribution in [2.75, 3.05) is 12.3 Å². The Hall–Kier alpha value is -2.70. The van der Waals surface area contributed by atoms with Crippen LogP contribution < -0.4 is 5.73 Å². The zero-order chi connectivity index (χ0) is 16.8. The summed E-state index contributed by atoms with van der Waals surface area (Å²) in [5, 5.41) is 0. The zero-order valence-electron chi connectivity index (χ0n) is 13.6. The molecule has 2 N–H and O–H groups in total. The third-order valence-electron chi connectivity index (χ3n) is 4.30. The molecule has 0 saturated carbocycles. The maximum atomic E-state index is 12.6. The van der Waals surface area contributed by atoms with E-state index in [-0.39, 0.29) is 17.9 Å². The van der Waals surface area contributed by atoms with Gasteiger partial charge in [0, 0.05) is 55.6 Å². The maximum Gasteiger partial charge on any atom is 0.246 e. The SMILES string of the molecule is Nc1ncc(C=CC(=O)N2CCCCC2CCn2ccnc2)cn1. The molecule has 0 radical (unpaired) electrons. The first-order valence-corrected chi connectivity index (χ1v) is 8.24. The fourth-order valence-electron chi connectivity index (χ4n) is 3.01. The smallest absolute Gasteiger partial charge is 0.246 e. The molecular weight excluding hydrogens is 304 g/mol. The van der Waals surface area contributed by atoms with Crippen LogP contribution in [0.25, 0.3) is 6.08 Å². The van der Waals surface area contributed by atoms with Crippen LogP contribution in [0.4, 0.5) is 5.95 Å². The molecule has 24 heavy (non-hydrogen) atoms. The van der Waals surface area contributed by atoms with Gasteiger partial charge in [-0.3, -0.25) is 4.79 Å². The van der Waals surface area contributed by atoms with Crippen molar-refractivity contribution in [3.05, 3.63) is 42.8 Å². The number of aryl methyl sites for hydroxylation is 1. The van der Waals surface area contributed by atoms with E-state index >= 15 is 0 Å². The van der Waals surface area contributed by atoms with Crippen LogP contribution in [0, 0.1) is 0 Å². The van der Waals surface area contributed by atoms with Gasteiger partial charge in [-0.25, -0.2) is 15.0 Å². The standard InChI is InChI=1S/C17H22N6O/c18-17-20-11-14(12-21-17)4-5-16(24)23-8-2-1-3-15(23)6-9-22-10-7-19-13-22/h4-5,7,10-13,15H,1-3,6,8-9H2,(H2,18,20,21). The number of anilines is 1. The first kappa shape index (κ1) is 16.2. The molecule has 3 rings (SSSR count). The Labute approximate surface area is 141 Å². The maximum absolute atomic E-state index is 12.6. The number of hydrogen-bond donors (Lipinski definition) is 1. The second kappa shape index (κ2) is 7.72. The molecule has 1 aliphatic rings. The molecule has 3 heterocycles. The van der Waals surface area contributed by atoms with E-state index in [2.05, 4.69) is 19.5 Å². The average Bonchev–Trinajstić information content (AvgIpc) is 3.13. The third-order valence-corrected chi connectivity index (χ3v) is 4.30. The molecule has 2 aromatic rings. The third kappa shape index (κ3) is 4.18. The summed E-state index contributed by atoms with van der Waals surface area (Å²) in [4.78, 5) is 26.5. The number of rotatable bonds is 5. The fourth-order valence-corrected chi connectivity index (χ4v) is 3.01. The van der Waals surface area contributed by atoms with E-state index in [0.29, 0.717) is 0 Å². The van der Waals surface area contributed by atoms with Gasteiger partial charge in [0.05, 0.1) is 6.33 Å². The van der Waals surface area contributed by atoms with Crippen molar-refractivity contribution in [3.8, 4) is 0 Å². The van der Waals surface area contributed by atoms with E-state index < -0.39 is 0 Å². The quantitative estimate of drug-likeness (QED) is 0.845. The predicted molar refractivity (Wildman–Crippen MR) is 91.7 cm³/mol. The molecule has 7 nitrogen and oxygen atoms in total. The molecule has 0 aromatic carbocycles. The summed E-state index contributed by atoms with van der Waals surface area (Å²) in [6.07, 6.45) is 16.3. The average molecular weight is 326 g/mol. The molecule has 0 spiro atoms. The van der Waals surface area contributed by atoms with Crippen molar-refractivity contribution in [2.45, 2.75) is 38.3 Å². The zero-order valence-corrected chi connectivity index (χ0v) is 13.6. The predicted octanol–water partition coefficient (Wildman–Crippen LogP) is 1.74. The Kier molecular flexibility index (Phi) is 5.20. The van der Waals surface area contributed by atoms with Gasteiger partial charge in [0.2, 0.25) is 11.9 Å². The molecule has 0 aliphatic carbocycles. The van der Waals surface area contributed by atoms with Crippen molar-refractivity contribution < 1.29 is 4.79 Å². The molecule has 1 amide bonds. The number of piperidine rings is 1. The molecule has 7 heteroatoms. The summed E-state index contributed by atoms with van der Waals surface area (Å²) < 4.78 is 2.05. The van der Waals surface area contributed by atoms with Crippen molar-refractivity contribution >= 4 is 17.9 Å². The van der Waals surface area contributed by atoms with Crippen LogP contribution in [0.2, 0.25) is 0 Å². The Bertz CT molecular complexity index is 680. The van der Waals surface area contributed by atoms with Crippen LogP contribution in [-0.4, -0.2) is 42.9 Å².